The molecule has 0 spiro atoms. The van der Waals surface area contributed by atoms with Crippen LogP contribution in [0.25, 0.3) is 0 Å². The Balaban J connectivity index is 1.86. The van der Waals surface area contributed by atoms with Crippen molar-refractivity contribution in [3.05, 3.63) is 77.1 Å². The van der Waals surface area contributed by atoms with Crippen LogP contribution in [0.1, 0.15) is 11.3 Å². The highest BCUT2D eigenvalue weighted by Crippen LogP contribution is 2.21. The van der Waals surface area contributed by atoms with Gasteiger partial charge in [0.05, 0.1) is 17.9 Å². The molecule has 0 aliphatic carbocycles. The van der Waals surface area contributed by atoms with Gasteiger partial charge in [-0.05, 0) is 30.7 Å². The smallest absolute Gasteiger partial charge is 0.265 e. The van der Waals surface area contributed by atoms with Crippen LogP contribution in [0.15, 0.2) is 65.7 Å². The average Bonchev–Trinajstić information content (AvgIpc) is 2.89. The molecule has 5 nitrogen and oxygen atoms in total. The predicted octanol–water partition coefficient (Wildman–Crippen LogP) is 3.69. The van der Waals surface area contributed by atoms with E-state index in [0.717, 1.165) is 5.56 Å². The summed E-state index contributed by atoms with van der Waals surface area (Å²) in [7, 11) is -3.72. The molecule has 0 aliphatic heterocycles. The third kappa shape index (κ3) is 3.77. The van der Waals surface area contributed by atoms with Crippen molar-refractivity contribution >= 4 is 27.3 Å². The van der Waals surface area contributed by atoms with E-state index in [-0.39, 0.29) is 4.90 Å². The number of rotatable bonds is 5. The van der Waals surface area contributed by atoms with Crippen LogP contribution in [0, 0.1) is 6.92 Å². The predicted molar refractivity (Wildman–Crippen MR) is 94.8 cm³/mol. The first-order valence-corrected chi connectivity index (χ1v) is 9.16. The van der Waals surface area contributed by atoms with E-state index >= 15 is 0 Å². The average molecular weight is 362 g/mol. The summed E-state index contributed by atoms with van der Waals surface area (Å²) in [6.45, 7) is 2.18. The van der Waals surface area contributed by atoms with Gasteiger partial charge < -0.3 is 0 Å². The highest BCUT2D eigenvalue weighted by Gasteiger charge is 2.20. The Kier molecular flexibility index (Phi) is 4.59. The second-order valence-electron chi connectivity index (χ2n) is 5.38. The number of sulfonamides is 1. The summed E-state index contributed by atoms with van der Waals surface area (Å²) in [5.74, 6) is 0. The Morgan fingerprint density at radius 2 is 1.88 bits per heavy atom. The molecule has 124 valence electrons. The molecular formula is C17H16ClN3O2S. The van der Waals surface area contributed by atoms with Gasteiger partial charge in [0, 0.05) is 11.2 Å². The maximum absolute atomic E-state index is 12.6. The standard InChI is InChI=1S/C17H16ClN3O2S/c1-13-17(12-21(19-13)11-14-6-3-2-4-7-14)24(22,23)20-16-9-5-8-15(18)10-16/h2-10,12,20H,11H2,1H3. The zero-order valence-corrected chi connectivity index (χ0v) is 14.6. The van der Waals surface area contributed by atoms with Gasteiger partial charge in [-0.3, -0.25) is 9.40 Å². The second-order valence-corrected chi connectivity index (χ2v) is 7.47. The Labute approximate surface area is 145 Å². The highest BCUT2D eigenvalue weighted by atomic mass is 35.5. The van der Waals surface area contributed by atoms with E-state index in [2.05, 4.69) is 9.82 Å². The molecule has 0 fully saturated rings. The van der Waals surface area contributed by atoms with Gasteiger partial charge in [0.2, 0.25) is 0 Å². The Hall–Kier alpha value is -2.31. The van der Waals surface area contributed by atoms with Crippen LogP contribution in [-0.4, -0.2) is 18.2 Å². The SMILES string of the molecule is Cc1nn(Cc2ccccc2)cc1S(=O)(=O)Nc1cccc(Cl)c1. The van der Waals surface area contributed by atoms with Gasteiger partial charge >= 0.3 is 0 Å². The molecular weight excluding hydrogens is 346 g/mol. The molecule has 0 aliphatic rings. The van der Waals surface area contributed by atoms with E-state index in [1.807, 2.05) is 30.3 Å². The van der Waals surface area contributed by atoms with E-state index in [4.69, 9.17) is 11.6 Å². The van der Waals surface area contributed by atoms with Crippen LogP contribution >= 0.6 is 11.6 Å². The molecule has 24 heavy (non-hydrogen) atoms. The lowest BCUT2D eigenvalue weighted by atomic mass is 10.2. The summed E-state index contributed by atoms with van der Waals surface area (Å²) in [6.07, 6.45) is 1.54. The molecule has 0 saturated heterocycles. The fourth-order valence-corrected chi connectivity index (χ4v) is 3.80. The number of anilines is 1. The van der Waals surface area contributed by atoms with Crippen molar-refractivity contribution in [2.75, 3.05) is 4.72 Å². The Bertz CT molecular complexity index is 953. The molecule has 3 aromatic rings. The molecule has 0 bridgehead atoms. The van der Waals surface area contributed by atoms with Crippen molar-refractivity contribution in [1.82, 2.24) is 9.78 Å². The molecule has 0 saturated carbocycles. The highest BCUT2D eigenvalue weighted by molar-refractivity contribution is 7.92. The molecule has 0 amide bonds. The lowest BCUT2D eigenvalue weighted by molar-refractivity contribution is 0.600. The molecule has 0 radical (unpaired) electrons. The van der Waals surface area contributed by atoms with Crippen molar-refractivity contribution in [3.63, 3.8) is 0 Å². The molecule has 1 heterocycles. The first-order chi connectivity index (χ1) is 11.4. The van der Waals surface area contributed by atoms with Crippen LogP contribution in [0.2, 0.25) is 5.02 Å². The molecule has 0 unspecified atom stereocenters. The fraction of sp³-hybridized carbons (Fsp3) is 0.118. The lowest BCUT2D eigenvalue weighted by Crippen LogP contribution is -2.13. The first-order valence-electron chi connectivity index (χ1n) is 7.30. The van der Waals surface area contributed by atoms with Crippen LogP contribution in [0.3, 0.4) is 0 Å². The number of hydrogen-bond donors (Lipinski definition) is 1. The summed E-state index contributed by atoms with van der Waals surface area (Å²) < 4.78 is 29.3. The molecule has 3 rings (SSSR count). The summed E-state index contributed by atoms with van der Waals surface area (Å²) in [4.78, 5) is 0.151. The number of aromatic nitrogens is 2. The minimum Gasteiger partial charge on any atom is -0.279 e. The van der Waals surface area contributed by atoms with Crippen LogP contribution < -0.4 is 4.72 Å². The van der Waals surface area contributed by atoms with Gasteiger partial charge in [-0.1, -0.05) is 48.0 Å². The van der Waals surface area contributed by atoms with Gasteiger partial charge in [0.1, 0.15) is 4.90 Å². The van der Waals surface area contributed by atoms with Crippen molar-refractivity contribution in [3.8, 4) is 0 Å². The van der Waals surface area contributed by atoms with Crippen molar-refractivity contribution < 1.29 is 8.42 Å². The van der Waals surface area contributed by atoms with Gasteiger partial charge in [-0.15, -0.1) is 0 Å². The van der Waals surface area contributed by atoms with E-state index in [9.17, 15) is 8.42 Å². The van der Waals surface area contributed by atoms with Crippen LogP contribution in [0.5, 0.6) is 0 Å². The third-order valence-corrected chi connectivity index (χ3v) is 5.17. The molecule has 7 heteroatoms. The normalized spacial score (nSPS) is 11.4. The van der Waals surface area contributed by atoms with Gasteiger partial charge in [0.15, 0.2) is 0 Å². The third-order valence-electron chi connectivity index (χ3n) is 3.46. The monoisotopic (exact) mass is 361 g/mol. The van der Waals surface area contributed by atoms with E-state index in [1.54, 1.807) is 35.9 Å². The maximum atomic E-state index is 12.6. The molecule has 1 aromatic heterocycles. The van der Waals surface area contributed by atoms with Crippen molar-refractivity contribution in [2.45, 2.75) is 18.4 Å². The summed E-state index contributed by atoms with van der Waals surface area (Å²) in [5, 5.41) is 4.77. The quantitative estimate of drug-likeness (QED) is 0.753. The van der Waals surface area contributed by atoms with Crippen molar-refractivity contribution in [2.24, 2.45) is 0 Å². The number of hydrogen-bond acceptors (Lipinski definition) is 3. The number of benzene rings is 2. The number of nitrogens with zero attached hydrogens (tertiary/aromatic N) is 2. The Morgan fingerprint density at radius 3 is 2.58 bits per heavy atom. The van der Waals surface area contributed by atoms with Gasteiger partial charge in [-0.25, -0.2) is 8.42 Å². The zero-order chi connectivity index (χ0) is 17.2. The molecule has 0 atom stereocenters. The largest absolute Gasteiger partial charge is 0.279 e. The zero-order valence-electron chi connectivity index (χ0n) is 13.0. The minimum absolute atomic E-state index is 0.151. The first kappa shape index (κ1) is 16.5. The van der Waals surface area contributed by atoms with Crippen molar-refractivity contribution in [1.29, 1.82) is 0 Å². The van der Waals surface area contributed by atoms with E-state index < -0.39 is 10.0 Å². The van der Waals surface area contributed by atoms with Gasteiger partial charge in [-0.2, -0.15) is 5.10 Å². The van der Waals surface area contributed by atoms with Crippen LogP contribution in [0.4, 0.5) is 5.69 Å². The molecule has 1 N–H and O–H groups in total. The number of aryl methyl sites for hydroxylation is 1. The van der Waals surface area contributed by atoms with Gasteiger partial charge in [0.25, 0.3) is 10.0 Å². The maximum Gasteiger partial charge on any atom is 0.265 e. The van der Waals surface area contributed by atoms with Crippen LogP contribution in [-0.2, 0) is 16.6 Å². The lowest BCUT2D eigenvalue weighted by Gasteiger charge is -2.07. The number of nitrogens with one attached hydrogen (secondary N) is 1. The van der Waals surface area contributed by atoms with E-state index in [0.29, 0.717) is 22.9 Å². The summed E-state index contributed by atoms with van der Waals surface area (Å²) in [5.41, 5.74) is 1.91. The summed E-state index contributed by atoms with van der Waals surface area (Å²) >= 11 is 5.89. The Morgan fingerprint density at radius 1 is 1.12 bits per heavy atom. The van der Waals surface area contributed by atoms with E-state index in [1.165, 1.54) is 6.20 Å². The fourth-order valence-electron chi connectivity index (χ4n) is 2.38. The molecule has 2 aromatic carbocycles. The topological polar surface area (TPSA) is 64.0 Å². The minimum atomic E-state index is -3.72. The second kappa shape index (κ2) is 6.67. The summed E-state index contributed by atoms with van der Waals surface area (Å²) in [6, 6.07) is 16.3. The number of halogens is 1.